The molecule has 4 rings (SSSR count). The Morgan fingerprint density at radius 2 is 1.85 bits per heavy atom. The second-order valence-electron chi connectivity index (χ2n) is 5.68. The van der Waals surface area contributed by atoms with E-state index in [1.807, 2.05) is 24.3 Å². The third kappa shape index (κ3) is 3.75. The highest BCUT2D eigenvalue weighted by Gasteiger charge is 2.14. The highest BCUT2D eigenvalue weighted by Crippen LogP contribution is 2.25. The van der Waals surface area contributed by atoms with E-state index in [1.54, 1.807) is 30.5 Å². The van der Waals surface area contributed by atoms with E-state index in [0.717, 1.165) is 22.2 Å². The number of benzene rings is 2. The van der Waals surface area contributed by atoms with Crippen LogP contribution in [0.5, 0.6) is 0 Å². The Balaban J connectivity index is 1.47. The molecule has 0 aliphatic rings. The van der Waals surface area contributed by atoms with Crippen LogP contribution in [-0.4, -0.2) is 10.9 Å². The number of furan rings is 1. The van der Waals surface area contributed by atoms with Gasteiger partial charge in [-0.25, -0.2) is 4.98 Å². The summed E-state index contributed by atoms with van der Waals surface area (Å²) < 4.78 is 5.56. The van der Waals surface area contributed by atoms with E-state index in [-0.39, 0.29) is 11.7 Å². The van der Waals surface area contributed by atoms with Crippen molar-refractivity contribution in [1.82, 2.24) is 4.98 Å². The maximum Gasteiger partial charge on any atom is 0.293 e. The second-order valence-corrected chi connectivity index (χ2v) is 7.67. The first-order chi connectivity index (χ1) is 12.6. The number of carbonyl (C=O) groups is 1. The van der Waals surface area contributed by atoms with Gasteiger partial charge < -0.3 is 4.42 Å². The van der Waals surface area contributed by atoms with E-state index >= 15 is 0 Å². The van der Waals surface area contributed by atoms with Gasteiger partial charge >= 0.3 is 0 Å². The van der Waals surface area contributed by atoms with Crippen LogP contribution in [-0.2, 0) is 6.42 Å². The first-order valence-electron chi connectivity index (χ1n) is 7.76. The van der Waals surface area contributed by atoms with Gasteiger partial charge in [-0.1, -0.05) is 35.3 Å². The van der Waals surface area contributed by atoms with Crippen LogP contribution in [0, 0.1) is 0 Å². The first kappa shape index (κ1) is 17.1. The smallest absolute Gasteiger partial charge is 0.293 e. The van der Waals surface area contributed by atoms with E-state index in [1.165, 1.54) is 11.3 Å². The van der Waals surface area contributed by atoms with E-state index < -0.39 is 0 Å². The van der Waals surface area contributed by atoms with Gasteiger partial charge in [0.25, 0.3) is 5.91 Å². The lowest BCUT2D eigenvalue weighted by Gasteiger charge is -1.98. The van der Waals surface area contributed by atoms with Crippen LogP contribution >= 0.6 is 34.5 Å². The van der Waals surface area contributed by atoms with Gasteiger partial charge in [0.2, 0.25) is 0 Å². The van der Waals surface area contributed by atoms with Crippen LogP contribution in [0.1, 0.15) is 21.0 Å². The molecule has 4 aromatic rings. The Kier molecular flexibility index (Phi) is 4.68. The SMILES string of the molecule is O=C(Nc1ncc(Cc2ccc(Cl)cc2)s1)c1cc2cc(Cl)ccc2o1. The molecule has 0 radical (unpaired) electrons. The van der Waals surface area contributed by atoms with E-state index in [2.05, 4.69) is 10.3 Å². The summed E-state index contributed by atoms with van der Waals surface area (Å²) in [7, 11) is 0. The number of aromatic nitrogens is 1. The predicted octanol–water partition coefficient (Wildman–Crippen LogP) is 6.04. The van der Waals surface area contributed by atoms with Gasteiger partial charge in [-0.05, 0) is 42.0 Å². The molecule has 1 N–H and O–H groups in total. The van der Waals surface area contributed by atoms with Crippen LogP contribution in [0.2, 0.25) is 10.0 Å². The summed E-state index contributed by atoms with van der Waals surface area (Å²) >= 11 is 13.3. The van der Waals surface area contributed by atoms with Crippen LogP contribution < -0.4 is 5.32 Å². The molecule has 0 aliphatic carbocycles. The van der Waals surface area contributed by atoms with Crippen LogP contribution in [0.15, 0.2) is 59.1 Å². The molecule has 7 heteroatoms. The summed E-state index contributed by atoms with van der Waals surface area (Å²) in [5.74, 6) is -0.124. The minimum absolute atomic E-state index is 0.219. The quantitative estimate of drug-likeness (QED) is 0.452. The lowest BCUT2D eigenvalue weighted by atomic mass is 10.1. The Morgan fingerprint density at radius 1 is 1.08 bits per heavy atom. The summed E-state index contributed by atoms with van der Waals surface area (Å²) in [5, 5.41) is 5.38. The monoisotopic (exact) mass is 402 g/mol. The van der Waals surface area contributed by atoms with Gasteiger partial charge in [-0.2, -0.15) is 0 Å². The van der Waals surface area contributed by atoms with Crippen molar-refractivity contribution >= 4 is 56.5 Å². The van der Waals surface area contributed by atoms with Crippen LogP contribution in [0.3, 0.4) is 0 Å². The van der Waals surface area contributed by atoms with Crippen LogP contribution in [0.4, 0.5) is 5.13 Å². The number of amides is 1. The zero-order valence-corrected chi connectivity index (χ0v) is 15.7. The lowest BCUT2D eigenvalue weighted by molar-refractivity contribution is 0.0998. The maximum atomic E-state index is 12.4. The van der Waals surface area contributed by atoms with Gasteiger partial charge in [0, 0.05) is 32.9 Å². The minimum atomic E-state index is -0.343. The highest BCUT2D eigenvalue weighted by molar-refractivity contribution is 7.15. The number of nitrogens with zero attached hydrogens (tertiary/aromatic N) is 1. The van der Waals surface area contributed by atoms with Crippen molar-refractivity contribution in [2.24, 2.45) is 0 Å². The molecule has 1 amide bonds. The van der Waals surface area contributed by atoms with Gasteiger partial charge in [0.15, 0.2) is 10.9 Å². The van der Waals surface area contributed by atoms with E-state index in [0.29, 0.717) is 20.8 Å². The summed E-state index contributed by atoms with van der Waals surface area (Å²) in [5.41, 5.74) is 1.74. The predicted molar refractivity (Wildman–Crippen MR) is 106 cm³/mol. The average Bonchev–Trinajstić information content (AvgIpc) is 3.23. The van der Waals surface area contributed by atoms with Gasteiger partial charge in [-0.3, -0.25) is 10.1 Å². The summed E-state index contributed by atoms with van der Waals surface area (Å²) in [6.07, 6.45) is 2.49. The summed E-state index contributed by atoms with van der Waals surface area (Å²) in [4.78, 5) is 17.7. The Bertz CT molecular complexity index is 1090. The molecule has 0 atom stereocenters. The number of nitrogens with one attached hydrogen (secondary N) is 1. The van der Waals surface area contributed by atoms with Crippen molar-refractivity contribution in [1.29, 1.82) is 0 Å². The highest BCUT2D eigenvalue weighted by atomic mass is 35.5. The normalized spacial score (nSPS) is 11.0. The number of halogens is 2. The number of hydrogen-bond donors (Lipinski definition) is 1. The fraction of sp³-hybridized carbons (Fsp3) is 0.0526. The summed E-state index contributed by atoms with van der Waals surface area (Å²) in [6, 6.07) is 14.5. The molecule has 0 saturated heterocycles. The van der Waals surface area contributed by atoms with Crippen molar-refractivity contribution in [2.45, 2.75) is 6.42 Å². The number of fused-ring (bicyclic) bond motifs is 1. The maximum absolute atomic E-state index is 12.4. The topological polar surface area (TPSA) is 55.1 Å². The number of anilines is 1. The molecule has 0 fully saturated rings. The first-order valence-corrected chi connectivity index (χ1v) is 9.34. The number of rotatable bonds is 4. The number of carbonyl (C=O) groups excluding carboxylic acids is 1. The van der Waals surface area contributed by atoms with Crippen molar-refractivity contribution in [3.8, 4) is 0 Å². The van der Waals surface area contributed by atoms with Crippen molar-refractivity contribution in [3.05, 3.63) is 81.0 Å². The fourth-order valence-electron chi connectivity index (χ4n) is 2.54. The second kappa shape index (κ2) is 7.11. The molecule has 26 heavy (non-hydrogen) atoms. The van der Waals surface area contributed by atoms with Crippen LogP contribution in [0.25, 0.3) is 11.0 Å². The number of hydrogen-bond acceptors (Lipinski definition) is 4. The molecule has 130 valence electrons. The van der Waals surface area contributed by atoms with Crippen molar-refractivity contribution in [2.75, 3.05) is 5.32 Å². The minimum Gasteiger partial charge on any atom is -0.451 e. The Morgan fingerprint density at radius 3 is 2.65 bits per heavy atom. The van der Waals surface area contributed by atoms with E-state index in [9.17, 15) is 4.79 Å². The lowest BCUT2D eigenvalue weighted by Crippen LogP contribution is -2.10. The number of thiazole rings is 1. The third-order valence-electron chi connectivity index (χ3n) is 3.77. The molecule has 0 spiro atoms. The molecule has 0 saturated carbocycles. The molecular formula is C19H12Cl2N2O2S. The average molecular weight is 403 g/mol. The van der Waals surface area contributed by atoms with Crippen molar-refractivity contribution in [3.63, 3.8) is 0 Å². The summed E-state index contributed by atoms with van der Waals surface area (Å²) in [6.45, 7) is 0. The molecular weight excluding hydrogens is 391 g/mol. The molecule has 0 aliphatic heterocycles. The zero-order valence-electron chi connectivity index (χ0n) is 13.3. The van der Waals surface area contributed by atoms with Gasteiger partial charge in [0.05, 0.1) is 0 Å². The molecule has 4 nitrogen and oxygen atoms in total. The zero-order chi connectivity index (χ0) is 18.1. The Hall–Kier alpha value is -2.34. The Labute approximate surface area is 163 Å². The standard InChI is InChI=1S/C19H12Cl2N2O2S/c20-13-3-1-11(2-4-13)7-15-10-22-19(26-15)23-18(24)17-9-12-8-14(21)5-6-16(12)25-17/h1-6,8-10H,7H2,(H,22,23,24). The molecule has 0 unspecified atom stereocenters. The van der Waals surface area contributed by atoms with E-state index in [4.69, 9.17) is 27.6 Å². The third-order valence-corrected chi connectivity index (χ3v) is 5.17. The molecule has 2 aromatic carbocycles. The van der Waals surface area contributed by atoms with Gasteiger partial charge in [-0.15, -0.1) is 11.3 Å². The van der Waals surface area contributed by atoms with Gasteiger partial charge in [0.1, 0.15) is 5.58 Å². The van der Waals surface area contributed by atoms with Crippen molar-refractivity contribution < 1.29 is 9.21 Å². The fourth-order valence-corrected chi connectivity index (χ4v) is 3.68. The molecule has 2 aromatic heterocycles. The molecule has 2 heterocycles. The largest absolute Gasteiger partial charge is 0.451 e. The molecule has 0 bridgehead atoms.